The van der Waals surface area contributed by atoms with Crippen LogP contribution in [0.15, 0.2) is 34.7 Å². The summed E-state index contributed by atoms with van der Waals surface area (Å²) in [5.74, 6) is -1.72. The quantitative estimate of drug-likeness (QED) is 0.437. The Hall–Kier alpha value is -3.76. The van der Waals surface area contributed by atoms with E-state index in [2.05, 4.69) is 25.6 Å². The van der Waals surface area contributed by atoms with E-state index in [1.54, 1.807) is 27.7 Å². The average Bonchev–Trinajstić information content (AvgIpc) is 3.60. The van der Waals surface area contributed by atoms with Gasteiger partial charge in [-0.2, -0.15) is 0 Å². The Balaban J connectivity index is 1.76. The topological polar surface area (TPSA) is 144 Å². The van der Waals surface area contributed by atoms with Gasteiger partial charge in [-0.3, -0.25) is 14.4 Å². The molecule has 1 aliphatic heterocycles. The number of likely N-dealkylation sites (tertiary alicyclic amines) is 1. The molecule has 11 heteroatoms. The molecule has 2 heterocycles. The first-order chi connectivity index (χ1) is 18.4. The predicted octanol–water partition coefficient (Wildman–Crippen LogP) is 3.09. The second-order valence-corrected chi connectivity index (χ2v) is 11.0. The van der Waals surface area contributed by atoms with E-state index in [9.17, 15) is 19.2 Å². The van der Waals surface area contributed by atoms with Crippen molar-refractivity contribution < 1.29 is 28.3 Å². The molecule has 1 aromatic heterocycles. The highest BCUT2D eigenvalue weighted by molar-refractivity contribution is 6.00. The van der Waals surface area contributed by atoms with Gasteiger partial charge in [0.05, 0.1) is 18.6 Å². The Morgan fingerprint density at radius 3 is 2.23 bits per heavy atom. The van der Waals surface area contributed by atoms with Crippen molar-refractivity contribution in [2.75, 3.05) is 13.7 Å². The monoisotopic (exact) mass is 541 g/mol. The number of rotatable bonds is 10. The number of nitrogens with one attached hydrogen (secondary N) is 2. The van der Waals surface area contributed by atoms with E-state index >= 15 is 0 Å². The van der Waals surface area contributed by atoms with Crippen LogP contribution in [0.2, 0.25) is 0 Å². The first-order valence-corrected chi connectivity index (χ1v) is 13.3. The van der Waals surface area contributed by atoms with E-state index in [0.717, 1.165) is 5.56 Å². The average molecular weight is 542 g/mol. The van der Waals surface area contributed by atoms with Crippen molar-refractivity contribution in [3.63, 3.8) is 0 Å². The zero-order chi connectivity index (χ0) is 28.9. The summed E-state index contributed by atoms with van der Waals surface area (Å²) in [7, 11) is 1.22. The van der Waals surface area contributed by atoms with Crippen LogP contribution < -0.4 is 10.6 Å². The molecule has 3 rings (SSSR count). The maximum atomic E-state index is 13.4. The van der Waals surface area contributed by atoms with Gasteiger partial charge in [-0.05, 0) is 44.1 Å². The van der Waals surface area contributed by atoms with Gasteiger partial charge in [0, 0.05) is 6.54 Å². The summed E-state index contributed by atoms with van der Waals surface area (Å²) in [4.78, 5) is 53.4. The van der Waals surface area contributed by atoms with Crippen LogP contribution in [0.1, 0.15) is 76.5 Å². The molecular weight excluding hydrogens is 502 g/mol. The number of carbonyl (C=O) groups is 4. The molecule has 0 saturated carbocycles. The Labute approximate surface area is 229 Å². The van der Waals surface area contributed by atoms with Crippen LogP contribution in [-0.2, 0) is 19.7 Å². The highest BCUT2D eigenvalue weighted by Crippen LogP contribution is 2.30. The summed E-state index contributed by atoms with van der Waals surface area (Å²) in [6.07, 6.45) is 0.340. The van der Waals surface area contributed by atoms with Crippen LogP contribution in [0.4, 0.5) is 4.79 Å². The third kappa shape index (κ3) is 6.63. The highest BCUT2D eigenvalue weighted by atomic mass is 16.5. The Kier molecular flexibility index (Phi) is 9.47. The van der Waals surface area contributed by atoms with Crippen LogP contribution in [0.5, 0.6) is 0 Å². The molecule has 11 nitrogen and oxygen atoms in total. The number of hydrogen-bond donors (Lipinski definition) is 2. The van der Waals surface area contributed by atoms with Crippen molar-refractivity contribution in [2.45, 2.75) is 77.9 Å². The summed E-state index contributed by atoms with van der Waals surface area (Å²) < 4.78 is 10.5. The molecule has 0 spiro atoms. The van der Waals surface area contributed by atoms with Gasteiger partial charge in [0.2, 0.25) is 23.5 Å². The van der Waals surface area contributed by atoms with Gasteiger partial charge in [-0.15, -0.1) is 10.2 Å². The molecule has 3 unspecified atom stereocenters. The summed E-state index contributed by atoms with van der Waals surface area (Å²) in [5, 5.41) is 13.5. The summed E-state index contributed by atoms with van der Waals surface area (Å²) >= 11 is 0. The molecule has 0 aliphatic carbocycles. The fraction of sp³-hybridized carbons (Fsp3) is 0.571. The maximum absolute atomic E-state index is 13.4. The third-order valence-electron chi connectivity index (χ3n) is 7.14. The molecule has 1 saturated heterocycles. The highest BCUT2D eigenvalue weighted by Gasteiger charge is 2.41. The lowest BCUT2D eigenvalue weighted by molar-refractivity contribution is -0.141. The SMILES string of the molecule is COC(=O)NC(C(=O)N1CCCC1C(=O)NC(C(=O)c1nnc(C(C)(C)c2ccccc2)o1)C(C)C)C(C)C. The lowest BCUT2D eigenvalue weighted by atomic mass is 9.85. The zero-order valence-electron chi connectivity index (χ0n) is 23.7. The molecule has 2 N–H and O–H groups in total. The van der Waals surface area contributed by atoms with Crippen LogP contribution in [0.3, 0.4) is 0 Å². The largest absolute Gasteiger partial charge is 0.453 e. The van der Waals surface area contributed by atoms with Crippen LogP contribution in [-0.4, -0.2) is 70.6 Å². The summed E-state index contributed by atoms with van der Waals surface area (Å²) in [6.45, 7) is 11.4. The summed E-state index contributed by atoms with van der Waals surface area (Å²) in [6, 6.07) is 7.07. The number of ketones is 1. The predicted molar refractivity (Wildman–Crippen MR) is 143 cm³/mol. The molecule has 3 amide bonds. The summed E-state index contributed by atoms with van der Waals surface area (Å²) in [5.41, 5.74) is 0.327. The number of carbonyl (C=O) groups excluding carboxylic acids is 4. The molecule has 0 bridgehead atoms. The second-order valence-electron chi connectivity index (χ2n) is 11.0. The van der Waals surface area contributed by atoms with Crippen LogP contribution >= 0.6 is 0 Å². The van der Waals surface area contributed by atoms with Gasteiger partial charge < -0.3 is 24.7 Å². The lowest BCUT2D eigenvalue weighted by Crippen LogP contribution is -2.57. The van der Waals surface area contributed by atoms with Gasteiger partial charge in [-0.1, -0.05) is 58.0 Å². The fourth-order valence-electron chi connectivity index (χ4n) is 4.65. The number of Topliss-reactive ketones (excluding diaryl/α,β-unsaturated/α-hetero) is 1. The number of methoxy groups -OCH3 is 1. The number of alkyl carbamates (subject to hydrolysis) is 1. The Morgan fingerprint density at radius 2 is 1.64 bits per heavy atom. The molecule has 1 aliphatic rings. The maximum Gasteiger partial charge on any atom is 0.407 e. The third-order valence-corrected chi connectivity index (χ3v) is 7.14. The minimum absolute atomic E-state index is 0.186. The number of benzene rings is 1. The number of nitrogens with zero attached hydrogens (tertiary/aromatic N) is 3. The second kappa shape index (κ2) is 12.4. The number of hydrogen-bond acceptors (Lipinski definition) is 8. The molecule has 1 aromatic carbocycles. The Morgan fingerprint density at radius 1 is 1.00 bits per heavy atom. The Bertz CT molecular complexity index is 1180. The van der Waals surface area contributed by atoms with Gasteiger partial charge in [-0.25, -0.2) is 4.79 Å². The van der Waals surface area contributed by atoms with Gasteiger partial charge in [0.1, 0.15) is 12.1 Å². The first-order valence-electron chi connectivity index (χ1n) is 13.3. The van der Waals surface area contributed by atoms with Crippen LogP contribution in [0, 0.1) is 11.8 Å². The van der Waals surface area contributed by atoms with Crippen molar-refractivity contribution in [3.05, 3.63) is 47.7 Å². The number of ether oxygens (including phenoxy) is 1. The lowest BCUT2D eigenvalue weighted by Gasteiger charge is -2.31. The molecule has 212 valence electrons. The van der Waals surface area contributed by atoms with Crippen molar-refractivity contribution in [3.8, 4) is 0 Å². The number of aromatic nitrogens is 2. The van der Waals surface area contributed by atoms with E-state index in [4.69, 9.17) is 4.42 Å². The van der Waals surface area contributed by atoms with E-state index in [1.807, 2.05) is 44.2 Å². The van der Waals surface area contributed by atoms with Gasteiger partial charge in [0.25, 0.3) is 5.89 Å². The number of amides is 3. The van der Waals surface area contributed by atoms with Crippen molar-refractivity contribution in [2.24, 2.45) is 11.8 Å². The smallest absolute Gasteiger partial charge is 0.407 e. The van der Waals surface area contributed by atoms with E-state index in [1.165, 1.54) is 12.0 Å². The standard InChI is InChI=1S/C28H39N5O6/c1-16(2)20(22(34)24-31-32-26(39-24)28(5,6)18-12-9-8-10-13-18)29-23(35)19-14-11-15-33(19)25(36)21(17(3)4)30-27(37)38-7/h8-10,12-13,16-17,19-21H,11,14-15H2,1-7H3,(H,29,35)(H,30,37). The minimum atomic E-state index is -0.933. The van der Waals surface area contributed by atoms with E-state index in [0.29, 0.717) is 19.4 Å². The molecule has 39 heavy (non-hydrogen) atoms. The van der Waals surface area contributed by atoms with E-state index < -0.39 is 41.3 Å². The van der Waals surface area contributed by atoms with Crippen molar-refractivity contribution >= 4 is 23.7 Å². The minimum Gasteiger partial charge on any atom is -0.453 e. The normalized spacial score (nSPS) is 17.2. The van der Waals surface area contributed by atoms with E-state index in [-0.39, 0.29) is 29.5 Å². The zero-order valence-corrected chi connectivity index (χ0v) is 23.7. The van der Waals surface area contributed by atoms with Crippen molar-refractivity contribution in [1.82, 2.24) is 25.7 Å². The molecule has 1 fully saturated rings. The molecule has 3 atom stereocenters. The molecular formula is C28H39N5O6. The van der Waals surface area contributed by atoms with Gasteiger partial charge >= 0.3 is 6.09 Å². The van der Waals surface area contributed by atoms with Gasteiger partial charge in [0.15, 0.2) is 0 Å². The molecule has 0 radical (unpaired) electrons. The molecule has 2 aromatic rings. The fourth-order valence-corrected chi connectivity index (χ4v) is 4.65. The van der Waals surface area contributed by atoms with Crippen molar-refractivity contribution in [1.29, 1.82) is 0 Å². The first kappa shape index (κ1) is 29.8. The van der Waals surface area contributed by atoms with Crippen LogP contribution in [0.25, 0.3) is 0 Å².